The summed E-state index contributed by atoms with van der Waals surface area (Å²) in [6.45, 7) is 3.45. The van der Waals surface area contributed by atoms with E-state index in [0.29, 0.717) is 43.1 Å². The highest BCUT2D eigenvalue weighted by Gasteiger charge is 2.30. The van der Waals surface area contributed by atoms with Crippen LogP contribution in [0.5, 0.6) is 5.75 Å². The zero-order valence-corrected chi connectivity index (χ0v) is 19.9. The number of morpholine rings is 1. The summed E-state index contributed by atoms with van der Waals surface area (Å²) in [5.41, 5.74) is 9.04. The molecule has 0 amide bonds. The molecule has 4 rings (SSSR count). The summed E-state index contributed by atoms with van der Waals surface area (Å²) in [6, 6.07) is 12.7. The number of carbonyl (C=O) groups excluding carboxylic acids is 2. The van der Waals surface area contributed by atoms with E-state index in [1.165, 1.54) is 0 Å². The van der Waals surface area contributed by atoms with Gasteiger partial charge in [0.15, 0.2) is 12.0 Å². The van der Waals surface area contributed by atoms with E-state index in [1.54, 1.807) is 37.6 Å². The number of carbonyl (C=O) groups is 2. The highest BCUT2D eigenvalue weighted by atomic mass is 16.6. The van der Waals surface area contributed by atoms with Crippen LogP contribution in [0.15, 0.2) is 47.6 Å². The van der Waals surface area contributed by atoms with Crippen molar-refractivity contribution in [3.8, 4) is 5.75 Å². The molecule has 0 radical (unpaired) electrons. The molecule has 2 unspecified atom stereocenters. The van der Waals surface area contributed by atoms with Crippen molar-refractivity contribution < 1.29 is 28.5 Å². The molecule has 9 nitrogen and oxygen atoms in total. The summed E-state index contributed by atoms with van der Waals surface area (Å²) in [4.78, 5) is 25.2. The van der Waals surface area contributed by atoms with Gasteiger partial charge in [0.25, 0.3) is 0 Å². The van der Waals surface area contributed by atoms with E-state index in [4.69, 9.17) is 24.7 Å². The Balaban J connectivity index is 1.39. The van der Waals surface area contributed by atoms with Gasteiger partial charge >= 0.3 is 5.97 Å². The van der Waals surface area contributed by atoms with E-state index < -0.39 is 6.23 Å². The van der Waals surface area contributed by atoms with Crippen molar-refractivity contribution in [2.75, 3.05) is 46.6 Å². The van der Waals surface area contributed by atoms with E-state index >= 15 is 0 Å². The van der Waals surface area contributed by atoms with Crippen molar-refractivity contribution in [1.29, 1.82) is 0 Å². The van der Waals surface area contributed by atoms with Crippen LogP contribution in [0.25, 0.3) is 0 Å². The fourth-order valence-corrected chi connectivity index (χ4v) is 4.04. The molecule has 0 spiro atoms. The minimum atomic E-state index is -0.620. The lowest BCUT2D eigenvalue weighted by Gasteiger charge is -2.30. The molecule has 2 aromatic rings. The smallest absolute Gasteiger partial charge is 0.306 e. The molecule has 186 valence electrons. The first-order valence-electron chi connectivity index (χ1n) is 11.7. The number of nitrogens with two attached hydrogens (primary N) is 1. The lowest BCUT2D eigenvalue weighted by Crippen LogP contribution is -2.41. The third-order valence-electron chi connectivity index (χ3n) is 6.04. The number of fused-ring (bicyclic) bond motifs is 1. The third kappa shape index (κ3) is 6.66. The monoisotopic (exact) mass is 481 g/mol. The van der Waals surface area contributed by atoms with Crippen LogP contribution in [0.2, 0.25) is 0 Å². The topological polar surface area (TPSA) is 113 Å². The maximum atomic E-state index is 13.1. The van der Waals surface area contributed by atoms with Gasteiger partial charge in [-0.2, -0.15) is 5.10 Å². The van der Waals surface area contributed by atoms with Crippen LogP contribution in [0.1, 0.15) is 33.5 Å². The third-order valence-corrected chi connectivity index (χ3v) is 6.04. The maximum Gasteiger partial charge on any atom is 0.306 e. The van der Waals surface area contributed by atoms with Gasteiger partial charge in [0.1, 0.15) is 12.4 Å². The highest BCUT2D eigenvalue weighted by molar-refractivity contribution is 6.09. The van der Waals surface area contributed by atoms with Gasteiger partial charge in [0, 0.05) is 24.2 Å². The maximum absolute atomic E-state index is 13.1. The molecular formula is C26H31N3O6. The average molecular weight is 482 g/mol. The SMILES string of the molecule is COCCOC(=O)CC1Cc2cc(C(=O)c3ccc(C=NN4CCOCC4)cc3)ccc2OC1N. The highest BCUT2D eigenvalue weighted by Crippen LogP contribution is 2.32. The standard InChI is InChI=1S/C26H31N3O6/c1-32-12-13-34-24(30)16-22-15-21-14-20(6-7-23(21)35-26(22)27)25(31)19-4-2-18(3-5-19)17-28-29-8-10-33-11-9-29/h2-7,14,17,22,26H,8-13,15-16,27H2,1H3. The summed E-state index contributed by atoms with van der Waals surface area (Å²) in [6.07, 6.45) is 1.83. The van der Waals surface area contributed by atoms with Gasteiger partial charge in [-0.25, -0.2) is 0 Å². The van der Waals surface area contributed by atoms with E-state index in [9.17, 15) is 9.59 Å². The Morgan fingerprint density at radius 3 is 2.60 bits per heavy atom. The van der Waals surface area contributed by atoms with Crippen molar-refractivity contribution in [3.63, 3.8) is 0 Å². The van der Waals surface area contributed by atoms with Gasteiger partial charge < -0.3 is 18.9 Å². The lowest BCUT2D eigenvalue weighted by molar-refractivity contribution is -0.147. The van der Waals surface area contributed by atoms with Crippen LogP contribution in [-0.4, -0.2) is 75.8 Å². The van der Waals surface area contributed by atoms with Crippen molar-refractivity contribution in [3.05, 3.63) is 64.7 Å². The quantitative estimate of drug-likeness (QED) is 0.251. The van der Waals surface area contributed by atoms with Gasteiger partial charge in [-0.1, -0.05) is 24.3 Å². The summed E-state index contributed by atoms with van der Waals surface area (Å²) in [7, 11) is 1.55. The fraction of sp³-hybridized carbons (Fsp3) is 0.423. The Hall–Kier alpha value is -3.27. The molecule has 2 heterocycles. The molecule has 2 aliphatic rings. The fourth-order valence-electron chi connectivity index (χ4n) is 4.04. The second kappa shape index (κ2) is 11.9. The average Bonchev–Trinajstić information content (AvgIpc) is 2.88. The summed E-state index contributed by atoms with van der Waals surface area (Å²) in [5.74, 6) is -0.0467. The minimum Gasteiger partial charge on any atom is -0.475 e. The molecule has 35 heavy (non-hydrogen) atoms. The molecule has 1 fully saturated rings. The minimum absolute atomic E-state index is 0.0881. The molecular weight excluding hydrogens is 450 g/mol. The predicted octanol–water partition coefficient (Wildman–Crippen LogP) is 2.00. The molecule has 0 aliphatic carbocycles. The lowest BCUT2D eigenvalue weighted by atomic mass is 9.90. The van der Waals surface area contributed by atoms with Crippen molar-refractivity contribution in [2.45, 2.75) is 19.1 Å². The number of hydrogen-bond acceptors (Lipinski definition) is 9. The Morgan fingerprint density at radius 1 is 1.11 bits per heavy atom. The number of rotatable bonds is 9. The Labute approximate surface area is 204 Å². The number of ketones is 1. The van der Waals surface area contributed by atoms with Gasteiger partial charge in [-0.3, -0.25) is 20.3 Å². The van der Waals surface area contributed by atoms with Crippen LogP contribution in [-0.2, 0) is 25.4 Å². The van der Waals surface area contributed by atoms with Crippen molar-refractivity contribution in [2.24, 2.45) is 16.8 Å². The van der Waals surface area contributed by atoms with Crippen LogP contribution in [0.3, 0.4) is 0 Å². The number of hydrazone groups is 1. The second-order valence-electron chi connectivity index (χ2n) is 8.55. The molecule has 2 aliphatic heterocycles. The van der Waals surface area contributed by atoms with Gasteiger partial charge in [-0.05, 0) is 35.7 Å². The molecule has 0 saturated carbocycles. The number of methoxy groups -OCH3 is 1. The summed E-state index contributed by atoms with van der Waals surface area (Å²) in [5, 5.41) is 6.44. The molecule has 9 heteroatoms. The number of benzene rings is 2. The van der Waals surface area contributed by atoms with Gasteiger partial charge in [-0.15, -0.1) is 0 Å². The summed E-state index contributed by atoms with van der Waals surface area (Å²) < 4.78 is 21.2. The Bertz CT molecular complexity index is 1050. The molecule has 2 N–H and O–H groups in total. The van der Waals surface area contributed by atoms with Crippen molar-refractivity contribution >= 4 is 18.0 Å². The zero-order chi connectivity index (χ0) is 24.6. The first-order valence-corrected chi connectivity index (χ1v) is 11.7. The first kappa shape index (κ1) is 24.8. The number of esters is 1. The first-order chi connectivity index (χ1) is 17.0. The van der Waals surface area contributed by atoms with Crippen LogP contribution in [0.4, 0.5) is 0 Å². The zero-order valence-electron chi connectivity index (χ0n) is 19.9. The predicted molar refractivity (Wildman–Crippen MR) is 130 cm³/mol. The number of hydrogen-bond donors (Lipinski definition) is 1. The largest absolute Gasteiger partial charge is 0.475 e. The number of ether oxygens (including phenoxy) is 4. The Kier molecular flexibility index (Phi) is 8.46. The van der Waals surface area contributed by atoms with Gasteiger partial charge in [0.2, 0.25) is 0 Å². The molecule has 1 saturated heterocycles. The van der Waals surface area contributed by atoms with Gasteiger partial charge in [0.05, 0.1) is 45.5 Å². The van der Waals surface area contributed by atoms with Crippen LogP contribution >= 0.6 is 0 Å². The summed E-state index contributed by atoms with van der Waals surface area (Å²) >= 11 is 0. The molecule has 2 aromatic carbocycles. The van der Waals surface area contributed by atoms with E-state index in [2.05, 4.69) is 5.10 Å². The normalized spacial score (nSPS) is 19.8. The molecule has 0 aromatic heterocycles. The molecule has 0 bridgehead atoms. The van der Waals surface area contributed by atoms with Crippen LogP contribution < -0.4 is 10.5 Å². The number of nitrogens with zero attached hydrogens (tertiary/aromatic N) is 2. The van der Waals surface area contributed by atoms with Crippen molar-refractivity contribution in [1.82, 2.24) is 5.01 Å². The Morgan fingerprint density at radius 2 is 1.86 bits per heavy atom. The molecule has 2 atom stereocenters. The van der Waals surface area contributed by atoms with E-state index in [-0.39, 0.29) is 30.7 Å². The van der Waals surface area contributed by atoms with Crippen LogP contribution in [0, 0.1) is 5.92 Å². The van der Waals surface area contributed by atoms with E-state index in [1.807, 2.05) is 23.2 Å². The van der Waals surface area contributed by atoms with E-state index in [0.717, 1.165) is 24.2 Å². The second-order valence-corrected chi connectivity index (χ2v) is 8.55.